The maximum absolute atomic E-state index is 15.9. The molecule has 0 bridgehead atoms. The van der Waals surface area contributed by atoms with Crippen molar-refractivity contribution in [1.29, 1.82) is 0 Å². The second-order valence-corrected chi connectivity index (χ2v) is 35.9. The van der Waals surface area contributed by atoms with Gasteiger partial charge in [0, 0.05) is 123 Å². The van der Waals surface area contributed by atoms with Crippen LogP contribution in [0.15, 0.2) is 149 Å². The lowest BCUT2D eigenvalue weighted by atomic mass is 10.1. The largest absolute Gasteiger partial charge is 0.507 e. The molecule has 12 aromatic rings. The number of fused-ring (bicyclic) bond motifs is 3. The van der Waals surface area contributed by atoms with Crippen molar-refractivity contribution < 1.29 is 55.0 Å². The van der Waals surface area contributed by atoms with Gasteiger partial charge < -0.3 is 45.0 Å². The van der Waals surface area contributed by atoms with Crippen LogP contribution in [0.1, 0.15) is 174 Å². The molecule has 3 aromatic carbocycles. The lowest BCUT2D eigenvalue weighted by Gasteiger charge is -2.44. The van der Waals surface area contributed by atoms with Crippen LogP contribution in [0.5, 0.6) is 5.75 Å². The summed E-state index contributed by atoms with van der Waals surface area (Å²) >= 11 is 6.88. The van der Waals surface area contributed by atoms with Crippen molar-refractivity contribution in [2.75, 3.05) is 79.9 Å². The molecule has 0 spiro atoms. The molecule has 6 saturated carbocycles. The number of hydrogen-bond acceptors (Lipinski definition) is 24. The lowest BCUT2D eigenvalue weighted by molar-refractivity contribution is -0.133. The topological polar surface area (TPSA) is 347 Å². The Bertz CT molecular complexity index is 6950. The smallest absolute Gasteiger partial charge is 0.355 e. The summed E-state index contributed by atoms with van der Waals surface area (Å²) in [6.45, 7) is 18.9. The monoisotopic (exact) mass is 1830 g/mol. The fourth-order valence-corrected chi connectivity index (χ4v) is 18.6. The van der Waals surface area contributed by atoms with Crippen LogP contribution in [0.3, 0.4) is 0 Å². The number of hydrogen-bond donors (Lipinski definition) is 2. The van der Waals surface area contributed by atoms with Crippen LogP contribution in [-0.2, 0) is 19.1 Å². The molecule has 21 rings (SSSR count). The Balaban J connectivity index is 0.000000129. The van der Waals surface area contributed by atoms with Crippen molar-refractivity contribution in [3.8, 4) is 56.6 Å². The fraction of sp³-hybridized carbons (Fsp3) is 0.368. The van der Waals surface area contributed by atoms with E-state index in [4.69, 9.17) is 27.1 Å². The number of pyridine rings is 3. The van der Waals surface area contributed by atoms with Gasteiger partial charge in [0.05, 0.1) is 96.3 Å². The number of carbonyl (C=O) groups excluding carboxylic acids is 3. The zero-order valence-corrected chi connectivity index (χ0v) is 73.8. The van der Waals surface area contributed by atoms with Gasteiger partial charge >= 0.3 is 17.1 Å². The van der Waals surface area contributed by atoms with Crippen LogP contribution in [0.4, 0.5) is 53.9 Å². The van der Waals surface area contributed by atoms with Gasteiger partial charge in [-0.1, -0.05) is 55.6 Å². The number of rotatable bonds is 19. The molecule has 9 aliphatic rings. The van der Waals surface area contributed by atoms with E-state index in [1.807, 2.05) is 18.7 Å². The Kier molecular flexibility index (Phi) is 23.2. The van der Waals surface area contributed by atoms with Gasteiger partial charge in [0.2, 0.25) is 0 Å². The number of anilines is 4. The molecule has 6 aliphatic carbocycles. The van der Waals surface area contributed by atoms with E-state index in [0.29, 0.717) is 52.7 Å². The van der Waals surface area contributed by atoms with E-state index in [2.05, 4.69) is 74.6 Å². The Labute approximate surface area is 760 Å². The average molecular weight is 1840 g/mol. The lowest BCUT2D eigenvalue weighted by Crippen LogP contribution is -2.59. The first-order valence-electron chi connectivity index (χ1n) is 44.3. The first kappa shape index (κ1) is 88.3. The zero-order valence-electron chi connectivity index (χ0n) is 73.1. The molecule has 30 nitrogen and oxygen atoms in total. The maximum Gasteiger partial charge on any atom is 0.355 e. The van der Waals surface area contributed by atoms with E-state index in [-0.39, 0.29) is 171 Å². The second-order valence-electron chi connectivity index (χ2n) is 35.5. The van der Waals surface area contributed by atoms with Crippen molar-refractivity contribution in [2.45, 2.75) is 164 Å². The summed E-state index contributed by atoms with van der Waals surface area (Å²) in [7, 11) is 1.41. The molecule has 3 N–H and O–H groups in total. The Morgan fingerprint density at radius 2 is 0.797 bits per heavy atom. The minimum atomic E-state index is -1.07. The van der Waals surface area contributed by atoms with Gasteiger partial charge in [-0.2, -0.15) is 15.0 Å². The third-order valence-electron chi connectivity index (χ3n) is 26.0. The van der Waals surface area contributed by atoms with Crippen molar-refractivity contribution in [3.63, 3.8) is 0 Å². The highest BCUT2D eigenvalue weighted by Crippen LogP contribution is 2.52. The molecule has 684 valence electrons. The van der Waals surface area contributed by atoms with Crippen molar-refractivity contribution in [1.82, 2.24) is 88.2 Å². The Morgan fingerprint density at radius 1 is 0.429 bits per heavy atom. The van der Waals surface area contributed by atoms with E-state index >= 15 is 17.6 Å². The molecule has 4 atom stereocenters. The number of nitrogens with two attached hydrogens (primary N) is 1. The van der Waals surface area contributed by atoms with Crippen LogP contribution < -0.4 is 37.5 Å². The molecular weight excluding hydrogens is 1750 g/mol. The van der Waals surface area contributed by atoms with E-state index in [9.17, 15) is 47.0 Å². The molecule has 9 fully saturated rings. The highest BCUT2D eigenvalue weighted by atomic mass is 35.5. The molecule has 3 amide bonds. The summed E-state index contributed by atoms with van der Waals surface area (Å²) < 4.78 is 113. The number of phenolic OH excluding ortho intramolecular Hbond substituents is 1. The average Bonchev–Trinajstić information content (AvgIpc) is 1.07. The normalized spacial score (nSPS) is 19.1. The number of halogens is 8. The molecule has 3 aliphatic heterocycles. The first-order valence-corrected chi connectivity index (χ1v) is 44.7. The van der Waals surface area contributed by atoms with Crippen molar-refractivity contribution >= 4 is 85.6 Å². The summed E-state index contributed by atoms with van der Waals surface area (Å²) in [6.07, 6.45) is 15.6. The number of methoxy groups -OCH3 is 1. The van der Waals surface area contributed by atoms with Gasteiger partial charge in [-0.25, -0.2) is 104 Å². The number of benzene rings is 3. The fourth-order valence-electron chi connectivity index (χ4n) is 18.4. The summed E-state index contributed by atoms with van der Waals surface area (Å²) in [5.74, 6) is -6.76. The van der Waals surface area contributed by atoms with Gasteiger partial charge in [-0.3, -0.25) is 14.4 Å². The van der Waals surface area contributed by atoms with Gasteiger partial charge in [0.15, 0.2) is 40.2 Å². The van der Waals surface area contributed by atoms with Crippen molar-refractivity contribution in [3.05, 3.63) is 235 Å². The third-order valence-corrected chi connectivity index (χ3v) is 26.3. The number of aromatic nitrogens is 15. The van der Waals surface area contributed by atoms with Gasteiger partial charge in [0.25, 0.3) is 17.7 Å². The molecular formula is C95H90ClF7N22O8. The first-order chi connectivity index (χ1) is 63.9. The van der Waals surface area contributed by atoms with Crippen LogP contribution in [-0.4, -0.2) is 195 Å². The number of aromatic hydroxyl groups is 1. The number of nitrogens with zero attached hydrogens (tertiary/aromatic N) is 21. The molecule has 0 radical (unpaired) electrons. The summed E-state index contributed by atoms with van der Waals surface area (Å²) in [5.41, 5.74) is 9.75. The molecule has 0 unspecified atom stereocenters. The number of carbonyl (C=O) groups is 3. The Hall–Kier alpha value is -14.0. The molecule has 133 heavy (non-hydrogen) atoms. The number of piperazine rings is 3. The standard InChI is InChI=1S/C33H34ClFN8O3.C31H28F3N7O3.C31H28F3N7O2/c1-16-14-42(32(44)18(3)46-4)17(2)13-41(16)30-21-12-22(34)28(25-23(35)6-5-7-24(25)36)39-31(21)43(33(45)40-30)29-26(19-8-9-19)37-15-38-27(29)20-10-11-20;1-15-13-39(30(43)16(2)32)10-11-40(15)28-19-12-21(34)26(23-20(33)4-3-5-22(23)42)37-29(19)41(31(44)38-28)27-24(17-6-7-17)35-14-36-25(27)18-8-9-18;1-16-14-39(30(42)17(2)32)11-12-40(16)28-21-13-23(34)26(20-5-3-4-6-22(20)33)37-29(21)41(31(43)38-28)27-24(18-7-8-18)35-15-36-25(27)19-9-10-19/h5-7,12,15-17,19-20H,3,8-11,13-14,36H2,1-2,4H3;3-5,12,14-15,17-18,42H,2,6-11,13H2,1H3;3-6,13,15-16,18-19H,2,7-12,14H2,1H3/t16-,17+;15-;16-/m000/s1. The third kappa shape index (κ3) is 16.6. The number of nitrogen functional groups attached to an aromatic ring is 1. The Morgan fingerprint density at radius 3 is 1.19 bits per heavy atom. The van der Waals surface area contributed by atoms with E-state index in [1.54, 1.807) is 53.1 Å². The molecule has 12 heterocycles. The number of ether oxygens (including phenoxy) is 1. The second kappa shape index (κ2) is 34.9. The number of amides is 3. The summed E-state index contributed by atoms with van der Waals surface area (Å²) in [5, 5.41) is 11.6. The van der Waals surface area contributed by atoms with Crippen LogP contribution >= 0.6 is 11.6 Å². The van der Waals surface area contributed by atoms with Crippen LogP contribution in [0, 0.1) is 29.1 Å². The summed E-state index contributed by atoms with van der Waals surface area (Å²) in [4.78, 5) is 145. The van der Waals surface area contributed by atoms with E-state index in [0.717, 1.165) is 112 Å². The molecule has 9 aromatic heterocycles. The minimum absolute atomic E-state index is 0.000458. The predicted molar refractivity (Wildman–Crippen MR) is 483 cm³/mol. The minimum Gasteiger partial charge on any atom is -0.507 e. The summed E-state index contributed by atoms with van der Waals surface area (Å²) in [6, 6.07) is 16.4. The van der Waals surface area contributed by atoms with Gasteiger partial charge in [-0.15, -0.1) is 0 Å². The van der Waals surface area contributed by atoms with Crippen LogP contribution in [0.25, 0.3) is 83.9 Å². The van der Waals surface area contributed by atoms with Crippen LogP contribution in [0.2, 0.25) is 5.02 Å². The van der Waals surface area contributed by atoms with E-state index in [1.165, 1.54) is 91.8 Å². The maximum atomic E-state index is 15.9. The predicted octanol–water partition coefficient (Wildman–Crippen LogP) is 14.2. The highest BCUT2D eigenvalue weighted by Gasteiger charge is 2.44. The molecule has 3 saturated heterocycles. The number of phenols is 1. The quantitative estimate of drug-likeness (QED) is 0.0329. The van der Waals surface area contributed by atoms with Crippen molar-refractivity contribution in [2.24, 2.45) is 0 Å². The SMILES string of the molecule is C=C(F)C(=O)N1CCN(c2nc(=O)n(-c3c(C4CC4)ncnc3C3CC3)c3nc(-c4c(O)cccc4F)c(F)cc23)[C@@H](C)C1.C=C(F)C(=O)N1CCN(c2nc(=O)n(-c3c(C4CC4)ncnc3C3CC3)c3nc(-c4ccccc4F)c(F)cc23)[C@@H](C)C1.C=C(OC)C(=O)N1C[C@H](C)N(c2nc(=O)n(-c3c(C4CC4)ncnc3C3CC3)c3nc(-c4c(N)cccc4F)c(Cl)cc23)C[C@H]1C. The highest BCUT2D eigenvalue weighted by molar-refractivity contribution is 6.34. The zero-order chi connectivity index (χ0) is 93.3. The molecule has 38 heteroatoms. The van der Waals surface area contributed by atoms with Gasteiger partial charge in [-0.05, 0) is 159 Å². The van der Waals surface area contributed by atoms with E-state index < -0.39 is 98.7 Å². The van der Waals surface area contributed by atoms with Gasteiger partial charge in [0.1, 0.15) is 76.8 Å².